The summed E-state index contributed by atoms with van der Waals surface area (Å²) in [6.07, 6.45) is 3.42. The van der Waals surface area contributed by atoms with Gasteiger partial charge in [0.15, 0.2) is 0 Å². The minimum absolute atomic E-state index is 0.189. The van der Waals surface area contributed by atoms with Crippen LogP contribution in [0, 0.1) is 0 Å². The summed E-state index contributed by atoms with van der Waals surface area (Å²) in [5.74, 6) is 0. The van der Waals surface area contributed by atoms with Gasteiger partial charge in [0, 0.05) is 18.8 Å². The second-order valence-corrected chi connectivity index (χ2v) is 7.56. The molecule has 0 bridgehead atoms. The first kappa shape index (κ1) is 18.0. The lowest BCUT2D eigenvalue weighted by molar-refractivity contribution is 0.0508. The highest BCUT2D eigenvalue weighted by Gasteiger charge is 2.20. The lowest BCUT2D eigenvalue weighted by Gasteiger charge is -2.23. The van der Waals surface area contributed by atoms with E-state index in [-0.39, 0.29) is 6.04 Å². The summed E-state index contributed by atoms with van der Waals surface area (Å²) in [6, 6.07) is 12.3. The topological polar surface area (TPSA) is 56.1 Å². The number of hydrogen-bond acceptors (Lipinski definition) is 3. The Balaban J connectivity index is 1.99. The van der Waals surface area contributed by atoms with Gasteiger partial charge in [0.1, 0.15) is 5.60 Å². The molecule has 0 aliphatic carbocycles. The lowest BCUT2D eigenvalue weighted by atomic mass is 9.95. The van der Waals surface area contributed by atoms with Gasteiger partial charge >= 0.3 is 6.09 Å². The zero-order valence-corrected chi connectivity index (χ0v) is 15.9. The molecule has 0 aliphatic rings. The molecule has 5 nitrogen and oxygen atoms in total. The third kappa shape index (κ3) is 4.04. The summed E-state index contributed by atoms with van der Waals surface area (Å²) in [7, 11) is 1.90. The smallest absolute Gasteiger partial charge is 0.408 e. The van der Waals surface area contributed by atoms with Crippen LogP contribution >= 0.6 is 0 Å². The van der Waals surface area contributed by atoms with Crippen molar-refractivity contribution in [1.82, 2.24) is 15.1 Å². The molecule has 0 aliphatic heterocycles. The SMILES string of the molecule is CC(NC(=O)OC(C)(C)C)c1cc(-c2cnn(C)c2)cc2ccccc12. The number of benzene rings is 2. The van der Waals surface area contributed by atoms with Crippen molar-refractivity contribution in [2.75, 3.05) is 0 Å². The second kappa shape index (κ2) is 6.83. The monoisotopic (exact) mass is 351 g/mol. The molecule has 0 saturated heterocycles. The fourth-order valence-corrected chi connectivity index (χ4v) is 3.00. The van der Waals surface area contributed by atoms with Crippen LogP contribution in [0.3, 0.4) is 0 Å². The summed E-state index contributed by atoms with van der Waals surface area (Å²) in [6.45, 7) is 7.54. The van der Waals surface area contributed by atoms with Crippen LogP contribution in [0.4, 0.5) is 4.79 Å². The fraction of sp³-hybridized carbons (Fsp3) is 0.333. The van der Waals surface area contributed by atoms with E-state index in [1.54, 1.807) is 4.68 Å². The highest BCUT2D eigenvalue weighted by Crippen LogP contribution is 2.31. The molecule has 2 aromatic carbocycles. The van der Waals surface area contributed by atoms with Crippen molar-refractivity contribution in [2.24, 2.45) is 7.05 Å². The zero-order chi connectivity index (χ0) is 18.9. The van der Waals surface area contributed by atoms with E-state index in [4.69, 9.17) is 4.74 Å². The fourth-order valence-electron chi connectivity index (χ4n) is 3.00. The normalized spacial score (nSPS) is 12.8. The van der Waals surface area contributed by atoms with E-state index in [9.17, 15) is 4.79 Å². The van der Waals surface area contributed by atoms with Crippen LogP contribution in [0.2, 0.25) is 0 Å². The average molecular weight is 351 g/mol. The molecule has 26 heavy (non-hydrogen) atoms. The third-order valence-electron chi connectivity index (χ3n) is 4.13. The minimum Gasteiger partial charge on any atom is -0.444 e. The van der Waals surface area contributed by atoms with Crippen molar-refractivity contribution in [3.63, 3.8) is 0 Å². The number of aromatic nitrogens is 2. The van der Waals surface area contributed by atoms with Crippen LogP contribution in [-0.2, 0) is 11.8 Å². The molecule has 1 heterocycles. The quantitative estimate of drug-likeness (QED) is 0.735. The Hall–Kier alpha value is -2.82. The van der Waals surface area contributed by atoms with E-state index in [1.807, 2.05) is 59.3 Å². The molecular weight excluding hydrogens is 326 g/mol. The van der Waals surface area contributed by atoms with Crippen LogP contribution in [0.5, 0.6) is 0 Å². The van der Waals surface area contributed by atoms with E-state index in [2.05, 4.69) is 34.7 Å². The number of ether oxygens (including phenoxy) is 1. The van der Waals surface area contributed by atoms with E-state index in [0.29, 0.717) is 0 Å². The van der Waals surface area contributed by atoms with Crippen molar-refractivity contribution in [3.8, 4) is 11.1 Å². The molecule has 1 aromatic heterocycles. The summed E-state index contributed by atoms with van der Waals surface area (Å²) in [4.78, 5) is 12.2. The van der Waals surface area contributed by atoms with Crippen LogP contribution in [0.15, 0.2) is 48.8 Å². The first-order chi connectivity index (χ1) is 12.2. The van der Waals surface area contributed by atoms with Crippen molar-refractivity contribution >= 4 is 16.9 Å². The third-order valence-corrected chi connectivity index (χ3v) is 4.13. The van der Waals surface area contributed by atoms with Crippen LogP contribution in [0.1, 0.15) is 39.3 Å². The number of alkyl carbamates (subject to hydrolysis) is 1. The van der Waals surface area contributed by atoms with Crippen molar-refractivity contribution in [3.05, 3.63) is 54.4 Å². The van der Waals surface area contributed by atoms with Gasteiger partial charge in [-0.15, -0.1) is 0 Å². The van der Waals surface area contributed by atoms with E-state index in [0.717, 1.165) is 27.5 Å². The van der Waals surface area contributed by atoms with Gasteiger partial charge in [-0.25, -0.2) is 4.79 Å². The van der Waals surface area contributed by atoms with E-state index in [1.165, 1.54) is 0 Å². The van der Waals surface area contributed by atoms with Gasteiger partial charge in [0.05, 0.1) is 12.2 Å². The average Bonchev–Trinajstić information content (AvgIpc) is 2.98. The molecular formula is C21H25N3O2. The largest absolute Gasteiger partial charge is 0.444 e. The van der Waals surface area contributed by atoms with Gasteiger partial charge in [-0.05, 0) is 61.7 Å². The molecule has 1 amide bonds. The number of carbonyl (C=O) groups is 1. The molecule has 3 aromatic rings. The predicted molar refractivity (Wildman–Crippen MR) is 104 cm³/mol. The van der Waals surface area contributed by atoms with Gasteiger partial charge in [0.25, 0.3) is 0 Å². The summed E-state index contributed by atoms with van der Waals surface area (Å²) in [5, 5.41) is 9.45. The molecule has 1 N–H and O–H groups in total. The van der Waals surface area contributed by atoms with E-state index >= 15 is 0 Å². The Labute approximate surface area is 154 Å². The molecule has 1 atom stereocenters. The number of hydrogen-bond donors (Lipinski definition) is 1. The second-order valence-electron chi connectivity index (χ2n) is 7.56. The zero-order valence-electron chi connectivity index (χ0n) is 15.9. The summed E-state index contributed by atoms with van der Waals surface area (Å²) >= 11 is 0. The number of amides is 1. The Kier molecular flexibility index (Phi) is 4.72. The van der Waals surface area contributed by atoms with Crippen LogP contribution in [0.25, 0.3) is 21.9 Å². The number of nitrogens with zero attached hydrogens (tertiary/aromatic N) is 2. The number of rotatable bonds is 3. The summed E-state index contributed by atoms with van der Waals surface area (Å²) in [5.41, 5.74) is 2.64. The van der Waals surface area contributed by atoms with Crippen molar-refractivity contribution in [1.29, 1.82) is 0 Å². The molecule has 0 spiro atoms. The van der Waals surface area contributed by atoms with Crippen LogP contribution in [-0.4, -0.2) is 21.5 Å². The molecule has 3 rings (SSSR count). The van der Waals surface area contributed by atoms with Gasteiger partial charge in [-0.3, -0.25) is 4.68 Å². The van der Waals surface area contributed by atoms with E-state index < -0.39 is 11.7 Å². The van der Waals surface area contributed by atoms with Gasteiger partial charge in [0.2, 0.25) is 0 Å². The van der Waals surface area contributed by atoms with Gasteiger partial charge in [-0.2, -0.15) is 5.10 Å². The number of aryl methyl sites for hydroxylation is 1. The van der Waals surface area contributed by atoms with Crippen LogP contribution < -0.4 is 5.32 Å². The van der Waals surface area contributed by atoms with Gasteiger partial charge < -0.3 is 10.1 Å². The van der Waals surface area contributed by atoms with Crippen molar-refractivity contribution < 1.29 is 9.53 Å². The maximum absolute atomic E-state index is 12.2. The highest BCUT2D eigenvalue weighted by atomic mass is 16.6. The lowest BCUT2D eigenvalue weighted by Crippen LogP contribution is -2.34. The molecule has 5 heteroatoms. The van der Waals surface area contributed by atoms with Gasteiger partial charge in [-0.1, -0.05) is 24.3 Å². The maximum Gasteiger partial charge on any atom is 0.408 e. The van der Waals surface area contributed by atoms with Crippen molar-refractivity contribution in [2.45, 2.75) is 39.3 Å². The maximum atomic E-state index is 12.2. The first-order valence-corrected chi connectivity index (χ1v) is 8.74. The Morgan fingerprint density at radius 1 is 1.19 bits per heavy atom. The number of nitrogens with one attached hydrogen (secondary N) is 1. The highest BCUT2D eigenvalue weighted by molar-refractivity contribution is 5.91. The molecule has 0 fully saturated rings. The first-order valence-electron chi connectivity index (χ1n) is 8.74. The molecule has 0 radical (unpaired) electrons. The number of carbonyl (C=O) groups excluding carboxylic acids is 1. The predicted octanol–water partition coefficient (Wildman–Crippen LogP) is 4.83. The molecule has 1 unspecified atom stereocenters. The Morgan fingerprint density at radius 3 is 2.58 bits per heavy atom. The Bertz CT molecular complexity index is 938. The Morgan fingerprint density at radius 2 is 1.92 bits per heavy atom. The molecule has 136 valence electrons. The molecule has 0 saturated carbocycles. The minimum atomic E-state index is -0.524. The summed E-state index contributed by atoms with van der Waals surface area (Å²) < 4.78 is 7.18. The number of fused-ring (bicyclic) bond motifs is 1. The standard InChI is InChI=1S/C21H25N3O2/c1-14(23-20(25)26-21(2,3)4)19-11-16(17-12-22-24(5)13-17)10-15-8-6-7-9-18(15)19/h6-14H,1-5H3,(H,23,25).